The molecule has 2 aromatic heterocycles. The molecule has 1 amide bonds. The maximum atomic E-state index is 13.5. The Bertz CT molecular complexity index is 1210. The topological polar surface area (TPSA) is 89.0 Å². The van der Waals surface area contributed by atoms with Gasteiger partial charge in [-0.3, -0.25) is 4.79 Å². The van der Waals surface area contributed by atoms with Crippen molar-refractivity contribution in [3.05, 3.63) is 57.9 Å². The highest BCUT2D eigenvalue weighted by atomic mass is 35.5. The molecule has 0 saturated carbocycles. The molecule has 2 aliphatic heterocycles. The zero-order chi connectivity index (χ0) is 23.8. The molecule has 2 N–H and O–H groups in total. The summed E-state index contributed by atoms with van der Waals surface area (Å²) in [6.07, 6.45) is 5.87. The first-order valence-electron chi connectivity index (χ1n) is 11.9. The van der Waals surface area contributed by atoms with E-state index in [1.54, 1.807) is 19.2 Å². The molecular formula is C25H31ClN6O2. The highest BCUT2D eigenvalue weighted by Gasteiger charge is 2.32. The summed E-state index contributed by atoms with van der Waals surface area (Å²) in [6, 6.07) is 7.59. The monoisotopic (exact) mass is 482 g/mol. The van der Waals surface area contributed by atoms with Crippen LogP contribution in [0, 0.1) is 6.92 Å². The molecule has 9 heteroatoms. The van der Waals surface area contributed by atoms with Gasteiger partial charge in [-0.25, -0.2) is 9.50 Å². The first-order valence-corrected chi connectivity index (χ1v) is 12.3. The number of likely N-dealkylation sites (tertiary alicyclic amines) is 1. The lowest BCUT2D eigenvalue weighted by molar-refractivity contribution is 0.0606. The van der Waals surface area contributed by atoms with Crippen molar-refractivity contribution in [3.63, 3.8) is 0 Å². The maximum absolute atomic E-state index is 13.5. The number of hydrogen-bond donors (Lipinski definition) is 1. The average molecular weight is 483 g/mol. The third-order valence-corrected chi connectivity index (χ3v) is 7.14. The van der Waals surface area contributed by atoms with Crippen LogP contribution >= 0.6 is 11.6 Å². The number of methoxy groups -OCH3 is 1. The van der Waals surface area contributed by atoms with Gasteiger partial charge in [-0.15, -0.1) is 0 Å². The van der Waals surface area contributed by atoms with Crippen molar-refractivity contribution in [3.8, 4) is 0 Å². The molecule has 2 aliphatic rings. The minimum Gasteiger partial charge on any atom is -0.380 e. The van der Waals surface area contributed by atoms with Gasteiger partial charge in [0.15, 0.2) is 5.65 Å². The molecule has 8 nitrogen and oxygen atoms in total. The van der Waals surface area contributed by atoms with Gasteiger partial charge >= 0.3 is 0 Å². The quantitative estimate of drug-likeness (QED) is 0.596. The largest absolute Gasteiger partial charge is 0.380 e. The van der Waals surface area contributed by atoms with Gasteiger partial charge in [-0.2, -0.15) is 5.10 Å². The number of aromatic nitrogens is 3. The number of amides is 1. The minimum atomic E-state index is -0.110. The first kappa shape index (κ1) is 23.1. The second-order valence-corrected chi connectivity index (χ2v) is 9.78. The molecular weight excluding hydrogens is 452 g/mol. The van der Waals surface area contributed by atoms with Crippen molar-refractivity contribution in [1.82, 2.24) is 19.5 Å². The van der Waals surface area contributed by atoms with Crippen molar-refractivity contribution < 1.29 is 9.53 Å². The lowest BCUT2D eigenvalue weighted by Crippen LogP contribution is -2.38. The Morgan fingerprint density at radius 1 is 1.24 bits per heavy atom. The number of ether oxygens (including phenoxy) is 1. The normalized spacial score (nSPS) is 20.9. The van der Waals surface area contributed by atoms with Crippen LogP contribution in [0.3, 0.4) is 0 Å². The third-order valence-electron chi connectivity index (χ3n) is 6.83. The Labute approximate surface area is 204 Å². The molecule has 180 valence electrons. The van der Waals surface area contributed by atoms with Gasteiger partial charge in [0.2, 0.25) is 0 Å². The number of halogens is 1. The summed E-state index contributed by atoms with van der Waals surface area (Å²) in [5.74, 6) is 0.901. The van der Waals surface area contributed by atoms with Crippen LogP contribution in [0.5, 0.6) is 0 Å². The van der Waals surface area contributed by atoms with Crippen LogP contribution in [0.25, 0.3) is 5.65 Å². The van der Waals surface area contributed by atoms with Gasteiger partial charge in [0.05, 0.1) is 28.9 Å². The van der Waals surface area contributed by atoms with E-state index >= 15 is 0 Å². The zero-order valence-corrected chi connectivity index (χ0v) is 20.5. The predicted molar refractivity (Wildman–Crippen MR) is 132 cm³/mol. The number of carbonyl (C=O) groups is 1. The van der Waals surface area contributed by atoms with E-state index in [0.717, 1.165) is 67.1 Å². The molecule has 2 saturated heterocycles. The summed E-state index contributed by atoms with van der Waals surface area (Å²) in [7, 11) is 1.64. The molecule has 5 rings (SSSR count). The molecule has 0 aliphatic carbocycles. The summed E-state index contributed by atoms with van der Waals surface area (Å²) < 4.78 is 7.01. The summed E-state index contributed by atoms with van der Waals surface area (Å²) in [5.41, 5.74) is 10.3. The third kappa shape index (κ3) is 4.37. The fourth-order valence-corrected chi connectivity index (χ4v) is 5.39. The van der Waals surface area contributed by atoms with Crippen molar-refractivity contribution >= 4 is 29.0 Å². The summed E-state index contributed by atoms with van der Waals surface area (Å²) >= 11 is 6.50. The molecule has 1 aromatic carbocycles. The number of piperidine rings is 1. The lowest BCUT2D eigenvalue weighted by atomic mass is 9.98. The van der Waals surface area contributed by atoms with Gasteiger partial charge in [0, 0.05) is 50.6 Å². The number of nitrogens with two attached hydrogens (primary N) is 1. The van der Waals surface area contributed by atoms with Crippen LogP contribution < -0.4 is 10.6 Å². The fourth-order valence-electron chi connectivity index (χ4n) is 5.11. The average Bonchev–Trinajstić information content (AvgIpc) is 3.44. The van der Waals surface area contributed by atoms with E-state index in [1.165, 1.54) is 0 Å². The van der Waals surface area contributed by atoms with Crippen molar-refractivity contribution in [2.75, 3.05) is 31.6 Å². The van der Waals surface area contributed by atoms with Crippen LogP contribution in [-0.2, 0) is 11.3 Å². The van der Waals surface area contributed by atoms with Gasteiger partial charge < -0.3 is 20.3 Å². The Hall–Kier alpha value is -2.68. The van der Waals surface area contributed by atoms with E-state index in [4.69, 9.17) is 32.2 Å². The van der Waals surface area contributed by atoms with E-state index in [2.05, 4.69) is 11.8 Å². The van der Waals surface area contributed by atoms with E-state index in [1.807, 2.05) is 27.7 Å². The van der Waals surface area contributed by atoms with Crippen LogP contribution in [0.2, 0.25) is 5.02 Å². The van der Waals surface area contributed by atoms with E-state index in [9.17, 15) is 4.79 Å². The minimum absolute atomic E-state index is 0.0633. The summed E-state index contributed by atoms with van der Waals surface area (Å²) in [4.78, 5) is 22.6. The number of nitrogens with zero attached hydrogens (tertiary/aromatic N) is 5. The number of aryl methyl sites for hydroxylation is 1. The molecule has 34 heavy (non-hydrogen) atoms. The number of rotatable bonds is 5. The molecule has 4 heterocycles. The van der Waals surface area contributed by atoms with Crippen LogP contribution in [-0.4, -0.2) is 58.2 Å². The lowest BCUT2D eigenvalue weighted by Gasteiger charge is -2.35. The molecule has 2 fully saturated rings. The highest BCUT2D eigenvalue weighted by Crippen LogP contribution is 2.34. The molecule has 3 aromatic rings. The molecule has 0 spiro atoms. The number of fused-ring (bicyclic) bond motifs is 1. The summed E-state index contributed by atoms with van der Waals surface area (Å²) in [5, 5.41) is 5.28. The van der Waals surface area contributed by atoms with E-state index < -0.39 is 0 Å². The van der Waals surface area contributed by atoms with Crippen molar-refractivity contribution in [2.45, 2.75) is 51.3 Å². The molecule has 2 atom stereocenters. The number of anilines is 1. The highest BCUT2D eigenvalue weighted by molar-refractivity contribution is 6.33. The molecule has 0 unspecified atom stereocenters. The SMILES string of the molecule is COCc1ccc(C(=O)N2CCCC[C@H]2c2cc3nc(N4CC[C@H](N)C4)c(C)cn3n2)c(Cl)c1. The predicted octanol–water partition coefficient (Wildman–Crippen LogP) is 3.74. The van der Waals surface area contributed by atoms with Gasteiger partial charge in [-0.1, -0.05) is 17.7 Å². The number of hydrogen-bond acceptors (Lipinski definition) is 6. The van der Waals surface area contributed by atoms with Gasteiger partial charge in [0.1, 0.15) is 5.82 Å². The van der Waals surface area contributed by atoms with Crippen molar-refractivity contribution in [1.29, 1.82) is 0 Å². The zero-order valence-electron chi connectivity index (χ0n) is 19.7. The maximum Gasteiger partial charge on any atom is 0.255 e. The Kier molecular flexibility index (Phi) is 6.46. The fraction of sp³-hybridized carbons (Fsp3) is 0.480. The van der Waals surface area contributed by atoms with Crippen LogP contribution in [0.4, 0.5) is 5.82 Å². The van der Waals surface area contributed by atoms with Crippen molar-refractivity contribution in [2.24, 2.45) is 5.73 Å². The molecule has 0 radical (unpaired) electrons. The van der Waals surface area contributed by atoms with Gasteiger partial charge in [-0.05, 0) is 50.3 Å². The van der Waals surface area contributed by atoms with Crippen LogP contribution in [0.1, 0.15) is 58.9 Å². The van der Waals surface area contributed by atoms with E-state index in [0.29, 0.717) is 23.7 Å². The Morgan fingerprint density at radius 3 is 2.82 bits per heavy atom. The van der Waals surface area contributed by atoms with Gasteiger partial charge in [0.25, 0.3) is 5.91 Å². The second kappa shape index (κ2) is 9.52. The molecule has 0 bridgehead atoms. The standard InChI is InChI=1S/C25H31ClN6O2/c1-16-13-32-23(28-24(16)30-10-8-18(27)14-30)12-21(29-32)22-5-3-4-9-31(22)25(33)19-7-6-17(15-34-2)11-20(19)26/h6-7,11-13,18,22H,3-5,8-10,14-15,27H2,1-2H3/t18-,22-/m0/s1. The first-order chi connectivity index (χ1) is 16.4. The number of carbonyl (C=O) groups excluding carboxylic acids is 1. The number of benzene rings is 1. The Morgan fingerprint density at radius 2 is 2.09 bits per heavy atom. The Balaban J connectivity index is 1.44. The van der Waals surface area contributed by atoms with Crippen LogP contribution in [0.15, 0.2) is 30.5 Å². The second-order valence-electron chi connectivity index (χ2n) is 9.37. The summed E-state index contributed by atoms with van der Waals surface area (Å²) in [6.45, 7) is 4.93. The smallest absolute Gasteiger partial charge is 0.255 e. The van der Waals surface area contributed by atoms with E-state index in [-0.39, 0.29) is 18.0 Å².